The normalized spacial score (nSPS) is 15.9. The van der Waals surface area contributed by atoms with Gasteiger partial charge in [-0.25, -0.2) is 0 Å². The zero-order chi connectivity index (χ0) is 14.0. The number of benzene rings is 1. The third-order valence-electron chi connectivity index (χ3n) is 3.13. The first-order valence-electron chi connectivity index (χ1n) is 5.96. The predicted molar refractivity (Wildman–Crippen MR) is 78.8 cm³/mol. The van der Waals surface area contributed by atoms with Crippen LogP contribution in [0.1, 0.15) is 23.2 Å². The van der Waals surface area contributed by atoms with Crippen molar-refractivity contribution in [2.24, 2.45) is 11.7 Å². The molecule has 3 N–H and O–H groups in total. The number of halogens is 1. The molecule has 7 heteroatoms. The summed E-state index contributed by atoms with van der Waals surface area (Å²) in [4.78, 5) is 22.1. The van der Waals surface area contributed by atoms with Crippen LogP contribution in [0.25, 0.3) is 0 Å². The average molecular weight is 375 g/mol. The average Bonchev–Trinajstić information content (AvgIpc) is 3.19. The van der Waals surface area contributed by atoms with Gasteiger partial charge in [0, 0.05) is 28.3 Å². The molecule has 1 unspecified atom stereocenters. The molecule has 0 saturated heterocycles. The maximum absolute atomic E-state index is 12.0. The maximum atomic E-state index is 12.0. The molecule has 102 valence electrons. The van der Waals surface area contributed by atoms with Crippen LogP contribution in [0.2, 0.25) is 0 Å². The third kappa shape index (κ3) is 3.63. The molecule has 1 atom stereocenters. The number of carbonyl (C=O) groups excluding carboxylic acids is 1. The SMILES string of the molecule is NC(CNC(=O)c1ccc([N+](=O)[O-])cc1I)C1CC1. The first-order valence-corrected chi connectivity index (χ1v) is 7.04. The molecule has 0 heterocycles. The van der Waals surface area contributed by atoms with Crippen LogP contribution in [-0.4, -0.2) is 23.4 Å². The van der Waals surface area contributed by atoms with E-state index < -0.39 is 4.92 Å². The Labute approximate surface area is 124 Å². The van der Waals surface area contributed by atoms with Gasteiger partial charge < -0.3 is 11.1 Å². The standard InChI is InChI=1S/C12H14IN3O3/c13-10-5-8(16(18)19)3-4-9(10)12(17)15-6-11(14)7-1-2-7/h3-5,7,11H,1-2,6,14H2,(H,15,17). The second-order valence-corrected chi connectivity index (χ2v) is 5.79. The van der Waals surface area contributed by atoms with E-state index in [2.05, 4.69) is 5.32 Å². The van der Waals surface area contributed by atoms with Crippen LogP contribution in [0.4, 0.5) is 5.69 Å². The molecule has 1 aliphatic rings. The van der Waals surface area contributed by atoms with Crippen LogP contribution in [0.3, 0.4) is 0 Å². The lowest BCUT2D eigenvalue weighted by Gasteiger charge is -2.12. The topological polar surface area (TPSA) is 98.3 Å². The van der Waals surface area contributed by atoms with Gasteiger partial charge in [0.2, 0.25) is 0 Å². The van der Waals surface area contributed by atoms with E-state index in [1.54, 1.807) is 0 Å². The molecule has 1 aliphatic carbocycles. The summed E-state index contributed by atoms with van der Waals surface area (Å²) in [5, 5.41) is 13.4. The third-order valence-corrected chi connectivity index (χ3v) is 4.03. The molecule has 1 saturated carbocycles. The molecular formula is C12H14IN3O3. The highest BCUT2D eigenvalue weighted by molar-refractivity contribution is 14.1. The Balaban J connectivity index is 2.00. The van der Waals surface area contributed by atoms with Crippen molar-refractivity contribution in [2.75, 3.05) is 6.54 Å². The van der Waals surface area contributed by atoms with Gasteiger partial charge >= 0.3 is 0 Å². The number of nitro groups is 1. The molecule has 0 aromatic heterocycles. The van der Waals surface area contributed by atoms with Crippen molar-refractivity contribution in [3.8, 4) is 0 Å². The van der Waals surface area contributed by atoms with Crippen molar-refractivity contribution < 1.29 is 9.72 Å². The summed E-state index contributed by atoms with van der Waals surface area (Å²) in [7, 11) is 0. The molecule has 0 radical (unpaired) electrons. The molecule has 0 bridgehead atoms. The van der Waals surface area contributed by atoms with E-state index in [0.717, 1.165) is 12.8 Å². The number of rotatable bonds is 5. The fourth-order valence-corrected chi connectivity index (χ4v) is 2.54. The number of amides is 1. The van der Waals surface area contributed by atoms with Crippen LogP contribution in [0.5, 0.6) is 0 Å². The van der Waals surface area contributed by atoms with E-state index in [0.29, 0.717) is 21.6 Å². The van der Waals surface area contributed by atoms with Crippen molar-refractivity contribution in [3.63, 3.8) is 0 Å². The zero-order valence-corrected chi connectivity index (χ0v) is 12.3. The van der Waals surface area contributed by atoms with E-state index in [9.17, 15) is 14.9 Å². The highest BCUT2D eigenvalue weighted by Gasteiger charge is 2.28. The van der Waals surface area contributed by atoms with Gasteiger partial charge in [-0.3, -0.25) is 14.9 Å². The molecule has 1 aromatic rings. The number of nitrogens with two attached hydrogens (primary N) is 1. The molecule has 1 fully saturated rings. The molecular weight excluding hydrogens is 361 g/mol. The van der Waals surface area contributed by atoms with E-state index in [1.807, 2.05) is 22.6 Å². The van der Waals surface area contributed by atoms with Crippen LogP contribution < -0.4 is 11.1 Å². The quantitative estimate of drug-likeness (QED) is 0.465. The van der Waals surface area contributed by atoms with Gasteiger partial charge in [0.25, 0.3) is 11.6 Å². The lowest BCUT2D eigenvalue weighted by atomic mass is 10.1. The molecule has 1 aromatic carbocycles. The summed E-state index contributed by atoms with van der Waals surface area (Å²) in [5.41, 5.74) is 6.32. The monoisotopic (exact) mass is 375 g/mol. The summed E-state index contributed by atoms with van der Waals surface area (Å²) >= 11 is 1.92. The van der Waals surface area contributed by atoms with Crippen LogP contribution in [-0.2, 0) is 0 Å². The van der Waals surface area contributed by atoms with Crippen LogP contribution in [0, 0.1) is 19.6 Å². The van der Waals surface area contributed by atoms with Gasteiger partial charge in [-0.1, -0.05) is 0 Å². The second-order valence-electron chi connectivity index (χ2n) is 4.63. The summed E-state index contributed by atoms with van der Waals surface area (Å²) in [5.74, 6) is 0.284. The molecule has 19 heavy (non-hydrogen) atoms. The minimum Gasteiger partial charge on any atom is -0.350 e. The van der Waals surface area contributed by atoms with Crippen molar-refractivity contribution in [1.82, 2.24) is 5.32 Å². The summed E-state index contributed by atoms with van der Waals surface area (Å²) < 4.78 is 0.560. The fraction of sp³-hybridized carbons (Fsp3) is 0.417. The smallest absolute Gasteiger partial charge is 0.270 e. The summed E-state index contributed by atoms with van der Waals surface area (Å²) in [6, 6.07) is 4.19. The van der Waals surface area contributed by atoms with E-state index >= 15 is 0 Å². The summed E-state index contributed by atoms with van der Waals surface area (Å²) in [6.45, 7) is 0.441. The highest BCUT2D eigenvalue weighted by Crippen LogP contribution is 2.31. The molecule has 1 amide bonds. The lowest BCUT2D eigenvalue weighted by Crippen LogP contribution is -2.38. The number of hydrogen-bond acceptors (Lipinski definition) is 4. The Morgan fingerprint density at radius 1 is 1.58 bits per heavy atom. The van der Waals surface area contributed by atoms with Crippen LogP contribution >= 0.6 is 22.6 Å². The molecule has 2 rings (SSSR count). The fourth-order valence-electron chi connectivity index (χ4n) is 1.80. The van der Waals surface area contributed by atoms with Gasteiger partial charge in [-0.2, -0.15) is 0 Å². The van der Waals surface area contributed by atoms with Crippen molar-refractivity contribution in [3.05, 3.63) is 37.4 Å². The van der Waals surface area contributed by atoms with Gasteiger partial charge in [-0.15, -0.1) is 0 Å². The lowest BCUT2D eigenvalue weighted by molar-refractivity contribution is -0.384. The highest BCUT2D eigenvalue weighted by atomic mass is 127. The Morgan fingerprint density at radius 3 is 2.79 bits per heavy atom. The Morgan fingerprint density at radius 2 is 2.26 bits per heavy atom. The number of hydrogen-bond donors (Lipinski definition) is 2. The number of nitro benzene ring substituents is 1. The van der Waals surface area contributed by atoms with Crippen molar-refractivity contribution in [1.29, 1.82) is 0 Å². The van der Waals surface area contributed by atoms with Crippen LogP contribution in [0.15, 0.2) is 18.2 Å². The largest absolute Gasteiger partial charge is 0.350 e. The molecule has 0 spiro atoms. The van der Waals surface area contributed by atoms with Gasteiger partial charge in [0.15, 0.2) is 0 Å². The minimum absolute atomic E-state index is 0.000315. The Kier molecular flexibility index (Phi) is 4.35. The van der Waals surface area contributed by atoms with Gasteiger partial charge in [0.05, 0.1) is 10.5 Å². The molecule has 0 aliphatic heterocycles. The number of nitrogens with zero attached hydrogens (tertiary/aromatic N) is 1. The summed E-state index contributed by atoms with van der Waals surface area (Å²) in [6.07, 6.45) is 2.26. The first-order chi connectivity index (χ1) is 8.99. The van der Waals surface area contributed by atoms with E-state index in [4.69, 9.17) is 5.73 Å². The number of carbonyl (C=O) groups is 1. The van der Waals surface area contributed by atoms with E-state index in [-0.39, 0.29) is 17.6 Å². The minimum atomic E-state index is -0.479. The van der Waals surface area contributed by atoms with Gasteiger partial charge in [-0.05, 0) is 47.4 Å². The predicted octanol–water partition coefficient (Wildman–Crippen LogP) is 1.67. The van der Waals surface area contributed by atoms with Crippen molar-refractivity contribution in [2.45, 2.75) is 18.9 Å². The zero-order valence-electron chi connectivity index (χ0n) is 10.1. The van der Waals surface area contributed by atoms with E-state index in [1.165, 1.54) is 18.2 Å². The van der Waals surface area contributed by atoms with Gasteiger partial charge in [0.1, 0.15) is 0 Å². The number of nitrogens with one attached hydrogen (secondary N) is 1. The second kappa shape index (κ2) is 5.83. The van der Waals surface area contributed by atoms with Crippen molar-refractivity contribution >= 4 is 34.2 Å². The molecule has 6 nitrogen and oxygen atoms in total. The maximum Gasteiger partial charge on any atom is 0.270 e. The number of non-ortho nitro benzene ring substituents is 1. The Hall–Kier alpha value is -1.22. The first kappa shape index (κ1) is 14.2. The Bertz CT molecular complexity index is 517.